The van der Waals surface area contributed by atoms with Crippen molar-refractivity contribution in [2.24, 2.45) is 0 Å². The summed E-state index contributed by atoms with van der Waals surface area (Å²) in [5.41, 5.74) is 2.76. The maximum atomic E-state index is 12.9. The average molecular weight is 350 g/mol. The maximum Gasteiger partial charge on any atom is 0.253 e. The van der Waals surface area contributed by atoms with E-state index in [2.05, 4.69) is 16.8 Å². The van der Waals surface area contributed by atoms with Crippen LogP contribution in [0.25, 0.3) is 10.9 Å². The lowest BCUT2D eigenvalue weighted by atomic mass is 10.1. The number of para-hydroxylation sites is 1. The van der Waals surface area contributed by atoms with Gasteiger partial charge in [-0.1, -0.05) is 24.3 Å². The van der Waals surface area contributed by atoms with Gasteiger partial charge >= 0.3 is 0 Å². The summed E-state index contributed by atoms with van der Waals surface area (Å²) in [4.78, 5) is 12.9. The summed E-state index contributed by atoms with van der Waals surface area (Å²) in [6, 6.07) is 13.7. The molecule has 2 heterocycles. The molecule has 3 aromatic rings. The Balaban J connectivity index is 1.58. The summed E-state index contributed by atoms with van der Waals surface area (Å²) in [5.74, 6) is 1.41. The highest BCUT2D eigenvalue weighted by Crippen LogP contribution is 2.32. The molecule has 1 amide bonds. The highest BCUT2D eigenvalue weighted by atomic mass is 16.6. The van der Waals surface area contributed by atoms with Crippen molar-refractivity contribution >= 4 is 16.8 Å². The predicted octanol–water partition coefficient (Wildman–Crippen LogP) is 3.92. The maximum absolute atomic E-state index is 12.9. The van der Waals surface area contributed by atoms with Crippen LogP contribution in [-0.2, 0) is 6.54 Å². The second-order valence-electron chi connectivity index (χ2n) is 6.44. The average Bonchev–Trinajstić information content (AvgIpc) is 3.06. The molecule has 26 heavy (non-hydrogen) atoms. The van der Waals surface area contributed by atoms with Gasteiger partial charge in [0.1, 0.15) is 13.2 Å². The summed E-state index contributed by atoms with van der Waals surface area (Å²) in [7, 11) is 0. The quantitative estimate of drug-likeness (QED) is 0.776. The molecule has 4 rings (SSSR count). The van der Waals surface area contributed by atoms with Gasteiger partial charge in [-0.25, -0.2) is 0 Å². The minimum atomic E-state index is -0.137. The minimum absolute atomic E-state index is 0.0733. The Bertz CT molecular complexity index is 961. The first kappa shape index (κ1) is 16.5. The van der Waals surface area contributed by atoms with Gasteiger partial charge in [-0.15, -0.1) is 0 Å². The van der Waals surface area contributed by atoms with Crippen LogP contribution in [0.1, 0.15) is 35.8 Å². The van der Waals surface area contributed by atoms with Crippen molar-refractivity contribution in [3.63, 3.8) is 0 Å². The number of nitrogens with one attached hydrogen (secondary N) is 1. The number of fused-ring (bicyclic) bond motifs is 2. The number of benzene rings is 2. The standard InChI is InChI=1S/C21H22N2O3/c1-3-23-13-17(16-6-4-5-7-18(16)23)21(24)22-14(2)15-8-9-19-20(12-15)26-11-10-25-19/h4-9,12-14H,3,10-11H2,1-2H3,(H,22,24)/t14-/m0/s1. The van der Waals surface area contributed by atoms with E-state index in [1.807, 2.05) is 55.6 Å². The summed E-state index contributed by atoms with van der Waals surface area (Å²) >= 11 is 0. The molecule has 0 saturated carbocycles. The molecule has 0 radical (unpaired) electrons. The summed E-state index contributed by atoms with van der Waals surface area (Å²) in [6.07, 6.45) is 1.93. The second-order valence-corrected chi connectivity index (χ2v) is 6.44. The van der Waals surface area contributed by atoms with E-state index in [0.717, 1.165) is 34.5 Å². The Morgan fingerprint density at radius 2 is 1.92 bits per heavy atom. The van der Waals surface area contributed by atoms with Gasteiger partial charge in [0.2, 0.25) is 0 Å². The van der Waals surface area contributed by atoms with Gasteiger partial charge in [-0.05, 0) is 37.6 Å². The lowest BCUT2D eigenvalue weighted by molar-refractivity contribution is 0.0941. The molecule has 0 fully saturated rings. The van der Waals surface area contributed by atoms with Gasteiger partial charge in [-0.3, -0.25) is 4.79 Å². The molecule has 1 aliphatic heterocycles. The summed E-state index contributed by atoms with van der Waals surface area (Å²) < 4.78 is 13.3. The molecular weight excluding hydrogens is 328 g/mol. The number of hydrogen-bond acceptors (Lipinski definition) is 3. The molecule has 0 saturated heterocycles. The summed E-state index contributed by atoms with van der Waals surface area (Å²) in [6.45, 7) is 5.99. The van der Waals surface area contributed by atoms with Crippen molar-refractivity contribution in [1.29, 1.82) is 0 Å². The molecule has 1 N–H and O–H groups in total. The molecule has 5 heteroatoms. The Morgan fingerprint density at radius 3 is 2.73 bits per heavy atom. The fourth-order valence-corrected chi connectivity index (χ4v) is 3.38. The van der Waals surface area contributed by atoms with Crippen LogP contribution < -0.4 is 14.8 Å². The fraction of sp³-hybridized carbons (Fsp3) is 0.286. The highest BCUT2D eigenvalue weighted by Gasteiger charge is 2.19. The molecule has 2 aromatic carbocycles. The third kappa shape index (κ3) is 2.90. The zero-order valence-corrected chi connectivity index (χ0v) is 15.0. The number of amides is 1. The van der Waals surface area contributed by atoms with Crippen LogP contribution in [-0.4, -0.2) is 23.7 Å². The van der Waals surface area contributed by atoms with E-state index in [0.29, 0.717) is 18.8 Å². The molecule has 0 unspecified atom stereocenters. The van der Waals surface area contributed by atoms with Crippen molar-refractivity contribution in [1.82, 2.24) is 9.88 Å². The monoisotopic (exact) mass is 350 g/mol. The molecule has 1 atom stereocenters. The molecule has 5 nitrogen and oxygen atoms in total. The SMILES string of the molecule is CCn1cc(C(=O)N[C@@H](C)c2ccc3c(c2)OCCO3)c2ccccc21. The van der Waals surface area contributed by atoms with E-state index in [1.54, 1.807) is 0 Å². The lowest BCUT2D eigenvalue weighted by Gasteiger charge is -2.21. The van der Waals surface area contributed by atoms with Crippen LogP contribution in [0.5, 0.6) is 11.5 Å². The molecule has 1 aliphatic rings. The van der Waals surface area contributed by atoms with Crippen molar-refractivity contribution in [3.05, 3.63) is 59.8 Å². The van der Waals surface area contributed by atoms with E-state index in [-0.39, 0.29) is 11.9 Å². The van der Waals surface area contributed by atoms with Crippen LogP contribution in [0.15, 0.2) is 48.7 Å². The largest absolute Gasteiger partial charge is 0.486 e. The van der Waals surface area contributed by atoms with Crippen molar-refractivity contribution in [3.8, 4) is 11.5 Å². The first-order valence-corrected chi connectivity index (χ1v) is 8.95. The predicted molar refractivity (Wildman–Crippen MR) is 101 cm³/mol. The number of nitrogens with zero attached hydrogens (tertiary/aromatic N) is 1. The van der Waals surface area contributed by atoms with Crippen molar-refractivity contribution < 1.29 is 14.3 Å². The van der Waals surface area contributed by atoms with E-state index >= 15 is 0 Å². The Hall–Kier alpha value is -2.95. The van der Waals surface area contributed by atoms with Crippen LogP contribution in [0.4, 0.5) is 0 Å². The normalized spacial score (nSPS) is 14.2. The molecule has 0 aliphatic carbocycles. The molecular formula is C21H22N2O3. The Kier molecular flexibility index (Phi) is 4.29. The highest BCUT2D eigenvalue weighted by molar-refractivity contribution is 6.07. The number of aryl methyl sites for hydroxylation is 1. The van der Waals surface area contributed by atoms with Gasteiger partial charge in [-0.2, -0.15) is 0 Å². The van der Waals surface area contributed by atoms with E-state index < -0.39 is 0 Å². The zero-order valence-electron chi connectivity index (χ0n) is 15.0. The van der Waals surface area contributed by atoms with Crippen LogP contribution >= 0.6 is 0 Å². The number of hydrogen-bond donors (Lipinski definition) is 1. The fourth-order valence-electron chi connectivity index (χ4n) is 3.38. The third-order valence-corrected chi connectivity index (χ3v) is 4.79. The van der Waals surface area contributed by atoms with E-state index in [1.165, 1.54) is 0 Å². The van der Waals surface area contributed by atoms with E-state index in [9.17, 15) is 4.79 Å². The molecule has 0 spiro atoms. The van der Waals surface area contributed by atoms with Gasteiger partial charge < -0.3 is 19.4 Å². The molecule has 1 aromatic heterocycles. The first-order chi connectivity index (χ1) is 12.7. The second kappa shape index (κ2) is 6.75. The minimum Gasteiger partial charge on any atom is -0.486 e. The zero-order chi connectivity index (χ0) is 18.1. The van der Waals surface area contributed by atoms with Crippen molar-refractivity contribution in [2.75, 3.05) is 13.2 Å². The smallest absolute Gasteiger partial charge is 0.253 e. The van der Waals surface area contributed by atoms with Gasteiger partial charge in [0.05, 0.1) is 11.6 Å². The molecule has 134 valence electrons. The van der Waals surface area contributed by atoms with Crippen LogP contribution in [0.2, 0.25) is 0 Å². The van der Waals surface area contributed by atoms with Gasteiger partial charge in [0, 0.05) is 23.6 Å². The van der Waals surface area contributed by atoms with Gasteiger partial charge in [0.25, 0.3) is 5.91 Å². The number of aromatic nitrogens is 1. The number of carbonyl (C=O) groups excluding carboxylic acids is 1. The topological polar surface area (TPSA) is 52.5 Å². The Morgan fingerprint density at radius 1 is 1.15 bits per heavy atom. The number of ether oxygens (including phenoxy) is 2. The van der Waals surface area contributed by atoms with Crippen molar-refractivity contribution in [2.45, 2.75) is 26.4 Å². The lowest BCUT2D eigenvalue weighted by Crippen LogP contribution is -2.26. The molecule has 0 bridgehead atoms. The third-order valence-electron chi connectivity index (χ3n) is 4.79. The number of carbonyl (C=O) groups is 1. The summed E-state index contributed by atoms with van der Waals surface area (Å²) in [5, 5.41) is 4.07. The van der Waals surface area contributed by atoms with Crippen LogP contribution in [0.3, 0.4) is 0 Å². The first-order valence-electron chi connectivity index (χ1n) is 8.95. The van der Waals surface area contributed by atoms with Gasteiger partial charge in [0.15, 0.2) is 11.5 Å². The van der Waals surface area contributed by atoms with Crippen LogP contribution in [0, 0.1) is 0 Å². The number of rotatable bonds is 4. The Labute approximate surface area is 152 Å². The van der Waals surface area contributed by atoms with E-state index in [4.69, 9.17) is 9.47 Å².